The summed E-state index contributed by atoms with van der Waals surface area (Å²) in [5.74, 6) is 0.978. The number of methoxy groups -OCH3 is 1. The van der Waals surface area contributed by atoms with E-state index in [1.54, 1.807) is 7.11 Å². The number of nitrogens with one attached hydrogen (secondary N) is 2. The Kier molecular flexibility index (Phi) is 5.64. The molecule has 0 spiro atoms. The van der Waals surface area contributed by atoms with Crippen molar-refractivity contribution in [2.45, 2.75) is 24.3 Å². The van der Waals surface area contributed by atoms with E-state index < -0.39 is 0 Å². The topological polar surface area (TPSA) is 53.6 Å². The van der Waals surface area contributed by atoms with Gasteiger partial charge >= 0.3 is 0 Å². The molecular formula is C23H29N3O2. The van der Waals surface area contributed by atoms with E-state index in [4.69, 9.17) is 4.74 Å². The van der Waals surface area contributed by atoms with Crippen molar-refractivity contribution in [1.29, 1.82) is 0 Å². The number of ether oxygens (including phenoxy) is 1. The Labute approximate surface area is 167 Å². The summed E-state index contributed by atoms with van der Waals surface area (Å²) in [6.07, 6.45) is 2.30. The minimum Gasteiger partial charge on any atom is -0.496 e. The number of benzene rings is 2. The zero-order chi connectivity index (χ0) is 19.4. The molecule has 2 aromatic carbocycles. The van der Waals surface area contributed by atoms with Gasteiger partial charge in [-0.25, -0.2) is 0 Å². The van der Waals surface area contributed by atoms with Gasteiger partial charge in [0.25, 0.3) is 0 Å². The number of hydrogen-bond donors (Lipinski definition) is 2. The molecule has 1 aliphatic carbocycles. The molecule has 28 heavy (non-hydrogen) atoms. The Balaban J connectivity index is 1.39. The quantitative estimate of drug-likeness (QED) is 0.776. The third-order valence-electron chi connectivity index (χ3n) is 6.06. The summed E-state index contributed by atoms with van der Waals surface area (Å²) in [5.41, 5.74) is 2.61. The van der Waals surface area contributed by atoms with Crippen LogP contribution in [0, 0.1) is 0 Å². The molecule has 5 heteroatoms. The number of amides is 1. The molecule has 2 aliphatic rings. The summed E-state index contributed by atoms with van der Waals surface area (Å²) < 4.78 is 5.55. The molecule has 2 aromatic rings. The van der Waals surface area contributed by atoms with Crippen LogP contribution in [-0.4, -0.2) is 50.6 Å². The fourth-order valence-electron chi connectivity index (χ4n) is 4.20. The highest BCUT2D eigenvalue weighted by molar-refractivity contribution is 5.78. The van der Waals surface area contributed by atoms with Crippen molar-refractivity contribution < 1.29 is 9.53 Å². The molecule has 0 bridgehead atoms. The molecule has 2 N–H and O–H groups in total. The van der Waals surface area contributed by atoms with Gasteiger partial charge in [0.15, 0.2) is 0 Å². The maximum absolute atomic E-state index is 12.7. The average molecular weight is 380 g/mol. The van der Waals surface area contributed by atoms with Crippen molar-refractivity contribution in [2.75, 3.05) is 39.8 Å². The van der Waals surface area contributed by atoms with Gasteiger partial charge in [0, 0.05) is 37.2 Å². The summed E-state index contributed by atoms with van der Waals surface area (Å²) in [7, 11) is 1.70. The predicted molar refractivity (Wildman–Crippen MR) is 111 cm³/mol. The van der Waals surface area contributed by atoms with Crippen LogP contribution in [0.25, 0.3) is 0 Å². The van der Waals surface area contributed by atoms with Gasteiger partial charge in [-0.05, 0) is 24.5 Å². The second-order valence-corrected chi connectivity index (χ2v) is 7.86. The van der Waals surface area contributed by atoms with Gasteiger partial charge in [-0.15, -0.1) is 0 Å². The van der Waals surface area contributed by atoms with Crippen LogP contribution in [-0.2, 0) is 10.2 Å². The number of carbonyl (C=O) groups excluding carboxylic acids is 1. The van der Waals surface area contributed by atoms with Crippen molar-refractivity contribution in [2.24, 2.45) is 0 Å². The summed E-state index contributed by atoms with van der Waals surface area (Å²) in [6, 6.07) is 18.8. The fourth-order valence-corrected chi connectivity index (χ4v) is 4.20. The Bertz CT molecular complexity index is 805. The summed E-state index contributed by atoms with van der Waals surface area (Å²) >= 11 is 0. The number of piperazine rings is 1. The van der Waals surface area contributed by atoms with Crippen molar-refractivity contribution in [1.82, 2.24) is 15.5 Å². The van der Waals surface area contributed by atoms with E-state index in [0.29, 0.717) is 6.54 Å². The number of rotatable bonds is 7. The lowest BCUT2D eigenvalue weighted by atomic mass is 9.96. The lowest BCUT2D eigenvalue weighted by Gasteiger charge is -2.36. The maximum Gasteiger partial charge on any atom is 0.234 e. The molecule has 4 rings (SSSR count). The maximum atomic E-state index is 12.7. The molecule has 0 aromatic heterocycles. The third-order valence-corrected chi connectivity index (χ3v) is 6.06. The van der Waals surface area contributed by atoms with Gasteiger partial charge in [0.1, 0.15) is 5.75 Å². The molecule has 5 nitrogen and oxygen atoms in total. The summed E-state index contributed by atoms with van der Waals surface area (Å²) in [6.45, 7) is 3.70. The minimum atomic E-state index is 0.101. The number of nitrogens with zero attached hydrogens (tertiary/aromatic N) is 1. The smallest absolute Gasteiger partial charge is 0.234 e. The first-order valence-electron chi connectivity index (χ1n) is 10.1. The van der Waals surface area contributed by atoms with Gasteiger partial charge in [-0.1, -0.05) is 48.5 Å². The van der Waals surface area contributed by atoms with E-state index in [2.05, 4.69) is 45.9 Å². The molecule has 1 atom stereocenters. The molecule has 2 fully saturated rings. The monoisotopic (exact) mass is 379 g/mol. The molecule has 1 heterocycles. The third kappa shape index (κ3) is 4.05. The zero-order valence-electron chi connectivity index (χ0n) is 16.5. The van der Waals surface area contributed by atoms with Crippen LogP contribution in [0.4, 0.5) is 0 Å². The van der Waals surface area contributed by atoms with Crippen LogP contribution >= 0.6 is 0 Å². The van der Waals surface area contributed by atoms with Gasteiger partial charge < -0.3 is 15.4 Å². The highest BCUT2D eigenvalue weighted by Gasteiger charge is 2.44. The molecule has 148 valence electrons. The molecular weight excluding hydrogens is 350 g/mol. The summed E-state index contributed by atoms with van der Waals surface area (Å²) in [4.78, 5) is 15.0. The lowest BCUT2D eigenvalue weighted by Crippen LogP contribution is -2.50. The Hall–Kier alpha value is -2.37. The number of carbonyl (C=O) groups is 1. The molecule has 1 amide bonds. The van der Waals surface area contributed by atoms with E-state index >= 15 is 0 Å². The van der Waals surface area contributed by atoms with E-state index in [9.17, 15) is 4.79 Å². The van der Waals surface area contributed by atoms with Crippen LogP contribution in [0.1, 0.15) is 30.0 Å². The fraction of sp³-hybridized carbons (Fsp3) is 0.435. The van der Waals surface area contributed by atoms with Crippen molar-refractivity contribution in [3.05, 3.63) is 65.7 Å². The van der Waals surface area contributed by atoms with Crippen LogP contribution in [0.2, 0.25) is 0 Å². The first-order chi connectivity index (χ1) is 13.7. The minimum absolute atomic E-state index is 0.101. The Morgan fingerprint density at radius 1 is 1.18 bits per heavy atom. The Morgan fingerprint density at radius 3 is 2.68 bits per heavy atom. The van der Waals surface area contributed by atoms with Gasteiger partial charge in [-0.3, -0.25) is 9.69 Å². The zero-order valence-corrected chi connectivity index (χ0v) is 16.5. The predicted octanol–water partition coefficient (Wildman–Crippen LogP) is 2.49. The SMILES string of the molecule is COc1ccccc1C1CNCCN1CC(=O)NCC1(c2ccccc2)CC1. The molecule has 1 aliphatic heterocycles. The molecule has 1 unspecified atom stereocenters. The highest BCUT2D eigenvalue weighted by Crippen LogP contribution is 2.47. The van der Waals surface area contributed by atoms with Crippen molar-refractivity contribution >= 4 is 5.91 Å². The highest BCUT2D eigenvalue weighted by atomic mass is 16.5. The van der Waals surface area contributed by atoms with Crippen LogP contribution in [0.15, 0.2) is 54.6 Å². The van der Waals surface area contributed by atoms with E-state index in [1.807, 2.05) is 24.3 Å². The standard InChI is InChI=1S/C23H29N3O2/c1-28-21-10-6-5-9-19(21)20-15-24-13-14-26(20)16-22(27)25-17-23(11-12-23)18-7-3-2-4-8-18/h2-10,20,24H,11-17H2,1H3,(H,25,27). The van der Waals surface area contributed by atoms with Gasteiger partial charge in [-0.2, -0.15) is 0 Å². The van der Waals surface area contributed by atoms with Gasteiger partial charge in [0.2, 0.25) is 5.91 Å². The first kappa shape index (κ1) is 19.0. The van der Waals surface area contributed by atoms with Crippen LogP contribution < -0.4 is 15.4 Å². The van der Waals surface area contributed by atoms with Gasteiger partial charge in [0.05, 0.1) is 19.7 Å². The van der Waals surface area contributed by atoms with E-state index in [-0.39, 0.29) is 17.4 Å². The molecule has 0 radical (unpaired) electrons. The molecule has 1 saturated carbocycles. The second-order valence-electron chi connectivity index (χ2n) is 7.86. The van der Waals surface area contributed by atoms with Crippen LogP contribution in [0.3, 0.4) is 0 Å². The number of hydrogen-bond acceptors (Lipinski definition) is 4. The van der Waals surface area contributed by atoms with Crippen molar-refractivity contribution in [3.63, 3.8) is 0 Å². The summed E-state index contributed by atoms with van der Waals surface area (Å²) in [5, 5.41) is 6.65. The molecule has 1 saturated heterocycles. The lowest BCUT2D eigenvalue weighted by molar-refractivity contribution is -0.123. The second kappa shape index (κ2) is 8.33. The first-order valence-corrected chi connectivity index (χ1v) is 10.1. The van der Waals surface area contributed by atoms with Crippen molar-refractivity contribution in [3.8, 4) is 5.75 Å². The normalized spacial score (nSPS) is 21.1. The van der Waals surface area contributed by atoms with Crippen LogP contribution in [0.5, 0.6) is 5.75 Å². The average Bonchev–Trinajstić information content (AvgIpc) is 3.55. The van der Waals surface area contributed by atoms with E-state index in [1.165, 1.54) is 5.56 Å². The Morgan fingerprint density at radius 2 is 1.93 bits per heavy atom. The largest absolute Gasteiger partial charge is 0.496 e. The van der Waals surface area contributed by atoms with E-state index in [0.717, 1.165) is 50.3 Å². The number of para-hydroxylation sites is 1.